The lowest BCUT2D eigenvalue weighted by Gasteiger charge is -2.37. The van der Waals surface area contributed by atoms with E-state index in [1.807, 2.05) is 24.3 Å². The number of benzene rings is 2. The molecule has 1 heterocycles. The second kappa shape index (κ2) is 9.05. The molecule has 0 spiro atoms. The van der Waals surface area contributed by atoms with Gasteiger partial charge in [0.2, 0.25) is 0 Å². The first kappa shape index (κ1) is 20.8. The molecule has 28 heavy (non-hydrogen) atoms. The van der Waals surface area contributed by atoms with Crippen molar-refractivity contribution in [1.82, 2.24) is 0 Å². The van der Waals surface area contributed by atoms with Gasteiger partial charge in [0.1, 0.15) is 5.75 Å². The molecule has 0 bridgehead atoms. The number of hydrogen-bond donors (Lipinski definition) is 0. The zero-order chi connectivity index (χ0) is 20.1. The molecule has 0 saturated carbocycles. The molecule has 1 aliphatic heterocycles. The van der Waals surface area contributed by atoms with Crippen LogP contribution in [0.4, 0.5) is 5.69 Å². The van der Waals surface area contributed by atoms with E-state index in [4.69, 9.17) is 9.47 Å². The van der Waals surface area contributed by atoms with Gasteiger partial charge in [-0.2, -0.15) is 0 Å². The van der Waals surface area contributed by atoms with Gasteiger partial charge in [-0.15, -0.1) is 11.8 Å². The minimum atomic E-state index is -1.07. The van der Waals surface area contributed by atoms with E-state index in [0.717, 1.165) is 30.3 Å². The molecule has 0 aromatic heterocycles. The van der Waals surface area contributed by atoms with E-state index < -0.39 is 8.07 Å². The van der Waals surface area contributed by atoms with Gasteiger partial charge in [-0.05, 0) is 48.0 Å². The third kappa shape index (κ3) is 5.11. The maximum Gasteiger partial charge on any atom is 0.339 e. The van der Waals surface area contributed by atoms with E-state index in [2.05, 4.69) is 36.2 Å². The first-order valence-electron chi connectivity index (χ1n) is 9.65. The number of carbonyl (C=O) groups excluding carboxylic acids is 1. The lowest BCUT2D eigenvalue weighted by Crippen LogP contribution is -2.43. The molecule has 3 rings (SSSR count). The highest BCUT2D eigenvalue weighted by Gasteiger charge is 2.29. The Balaban J connectivity index is 1.77. The van der Waals surface area contributed by atoms with Crippen molar-refractivity contribution in [3.05, 3.63) is 53.6 Å². The van der Waals surface area contributed by atoms with Crippen LogP contribution >= 0.6 is 11.8 Å². The van der Waals surface area contributed by atoms with E-state index in [9.17, 15) is 4.79 Å². The second-order valence-electron chi connectivity index (χ2n) is 7.96. The highest BCUT2D eigenvalue weighted by molar-refractivity contribution is 7.98. The molecule has 1 fully saturated rings. The molecule has 150 valence electrons. The van der Waals surface area contributed by atoms with Gasteiger partial charge in [0.15, 0.2) is 0 Å². The van der Waals surface area contributed by atoms with Gasteiger partial charge < -0.3 is 14.4 Å². The second-order valence-corrected chi connectivity index (χ2v) is 14.3. The van der Waals surface area contributed by atoms with E-state index in [-0.39, 0.29) is 5.97 Å². The lowest BCUT2D eigenvalue weighted by atomic mass is 10.1. The minimum absolute atomic E-state index is 0.260. The zero-order valence-electron chi connectivity index (χ0n) is 17.2. The maximum atomic E-state index is 12.3. The summed E-state index contributed by atoms with van der Waals surface area (Å²) in [5.41, 5.74) is 2.92. The summed E-state index contributed by atoms with van der Waals surface area (Å²) in [5, 5.41) is 0. The molecule has 6 heteroatoms. The molecule has 1 saturated heterocycles. The van der Waals surface area contributed by atoms with Crippen LogP contribution in [-0.2, 0) is 10.5 Å². The summed E-state index contributed by atoms with van der Waals surface area (Å²) in [6, 6.07) is 16.8. The Kier molecular flexibility index (Phi) is 6.72. The number of methoxy groups -OCH3 is 2. The molecular formula is C22H29NO3SSi. The Morgan fingerprint density at radius 3 is 2.36 bits per heavy atom. The maximum absolute atomic E-state index is 12.3. The quantitative estimate of drug-likeness (QED) is 0.363. The number of rotatable bonds is 6. The molecule has 0 radical (unpaired) electrons. The molecule has 0 amide bonds. The first-order chi connectivity index (χ1) is 13.4. The summed E-state index contributed by atoms with van der Waals surface area (Å²) in [7, 11) is 2.06. The summed E-state index contributed by atoms with van der Waals surface area (Å²) in [4.78, 5) is 15.8. The fourth-order valence-corrected chi connectivity index (χ4v) is 6.27. The fraction of sp³-hybridized carbons (Fsp3) is 0.409. The van der Waals surface area contributed by atoms with Crippen LogP contribution in [0.3, 0.4) is 0 Å². The summed E-state index contributed by atoms with van der Waals surface area (Å²) < 4.78 is 10.2. The molecule has 2 aromatic carbocycles. The van der Waals surface area contributed by atoms with E-state index >= 15 is 0 Å². The molecule has 4 nitrogen and oxygen atoms in total. The number of anilines is 1. The van der Waals surface area contributed by atoms with Crippen molar-refractivity contribution >= 4 is 31.5 Å². The van der Waals surface area contributed by atoms with E-state index in [1.54, 1.807) is 18.9 Å². The predicted octanol–water partition coefficient (Wildman–Crippen LogP) is 5.30. The molecule has 0 N–H and O–H groups in total. The molecular weight excluding hydrogens is 386 g/mol. The van der Waals surface area contributed by atoms with Crippen LogP contribution in [0.5, 0.6) is 5.75 Å². The van der Waals surface area contributed by atoms with Gasteiger partial charge in [-0.3, -0.25) is 0 Å². The summed E-state index contributed by atoms with van der Waals surface area (Å²) >= 11 is 1.78. The Hall–Kier alpha value is -1.92. The highest BCUT2D eigenvalue weighted by atomic mass is 32.2. The monoisotopic (exact) mass is 415 g/mol. The number of thioether (sulfide) groups is 1. The third-order valence-electron chi connectivity index (χ3n) is 5.40. The Morgan fingerprint density at radius 1 is 1.07 bits per heavy atom. The average Bonchev–Trinajstić information content (AvgIpc) is 2.72. The molecule has 1 aliphatic rings. The number of esters is 1. The van der Waals surface area contributed by atoms with Gasteiger partial charge >= 0.3 is 5.97 Å². The van der Waals surface area contributed by atoms with Gasteiger partial charge in [-0.25, -0.2) is 4.79 Å². The Labute approximate surface area is 173 Å². The zero-order valence-corrected chi connectivity index (χ0v) is 19.0. The van der Waals surface area contributed by atoms with Crippen molar-refractivity contribution < 1.29 is 14.3 Å². The van der Waals surface area contributed by atoms with Gasteiger partial charge in [-0.1, -0.05) is 25.2 Å². The van der Waals surface area contributed by atoms with Crippen molar-refractivity contribution in [2.45, 2.75) is 35.8 Å². The summed E-state index contributed by atoms with van der Waals surface area (Å²) in [6.07, 6.45) is 0. The SMILES string of the molecule is COC(=O)c1ccc(SCc2ccc(OC)cc2)cc1N1CC[Si](C)(C)CC1. The summed E-state index contributed by atoms with van der Waals surface area (Å²) in [6.45, 7) is 6.95. The van der Waals surface area contributed by atoms with Gasteiger partial charge in [0.25, 0.3) is 0 Å². The number of nitrogens with zero attached hydrogens (tertiary/aromatic N) is 1. The average molecular weight is 416 g/mol. The van der Waals surface area contributed by atoms with E-state index in [0.29, 0.717) is 5.56 Å². The Morgan fingerprint density at radius 2 is 1.75 bits per heavy atom. The van der Waals surface area contributed by atoms with Crippen LogP contribution in [-0.4, -0.2) is 41.4 Å². The first-order valence-corrected chi connectivity index (χ1v) is 14.0. The normalized spacial score (nSPS) is 15.9. The minimum Gasteiger partial charge on any atom is -0.497 e. The van der Waals surface area contributed by atoms with Crippen LogP contribution in [0.2, 0.25) is 25.2 Å². The van der Waals surface area contributed by atoms with Crippen molar-refractivity contribution in [2.75, 3.05) is 32.2 Å². The molecule has 2 aromatic rings. The number of carbonyl (C=O) groups is 1. The van der Waals surface area contributed by atoms with Crippen LogP contribution in [0.1, 0.15) is 15.9 Å². The van der Waals surface area contributed by atoms with Gasteiger partial charge in [0.05, 0.1) is 33.5 Å². The van der Waals surface area contributed by atoms with Crippen molar-refractivity contribution in [2.24, 2.45) is 0 Å². The van der Waals surface area contributed by atoms with Crippen LogP contribution in [0.15, 0.2) is 47.4 Å². The van der Waals surface area contributed by atoms with Gasteiger partial charge in [0, 0.05) is 23.7 Å². The van der Waals surface area contributed by atoms with Crippen molar-refractivity contribution in [3.8, 4) is 5.75 Å². The van der Waals surface area contributed by atoms with E-state index in [1.165, 1.54) is 29.7 Å². The predicted molar refractivity (Wildman–Crippen MR) is 120 cm³/mol. The summed E-state index contributed by atoms with van der Waals surface area (Å²) in [5.74, 6) is 1.49. The van der Waals surface area contributed by atoms with Crippen LogP contribution in [0, 0.1) is 0 Å². The smallest absolute Gasteiger partial charge is 0.339 e. The number of hydrogen-bond acceptors (Lipinski definition) is 5. The topological polar surface area (TPSA) is 38.8 Å². The van der Waals surface area contributed by atoms with Crippen LogP contribution in [0.25, 0.3) is 0 Å². The third-order valence-corrected chi connectivity index (χ3v) is 9.62. The Bertz CT molecular complexity index is 813. The largest absolute Gasteiger partial charge is 0.497 e. The van der Waals surface area contributed by atoms with Crippen molar-refractivity contribution in [1.29, 1.82) is 0 Å². The lowest BCUT2D eigenvalue weighted by molar-refractivity contribution is 0.0601. The van der Waals surface area contributed by atoms with Crippen molar-refractivity contribution in [3.63, 3.8) is 0 Å². The standard InChI is InChI=1S/C22H29NO3SSi/c1-25-18-7-5-17(6-8-18)16-27-19-9-10-20(22(24)26-2)21(15-19)23-11-13-28(3,4)14-12-23/h5-10,15H,11-14,16H2,1-4H3. The fourth-order valence-electron chi connectivity index (χ4n) is 3.39. The van der Waals surface area contributed by atoms with Crippen LogP contribution < -0.4 is 9.64 Å². The molecule has 0 aliphatic carbocycles. The molecule has 0 atom stereocenters. The molecule has 0 unspecified atom stereocenters. The number of ether oxygens (including phenoxy) is 2. The highest BCUT2D eigenvalue weighted by Crippen LogP contribution is 2.33.